The third-order valence-electron chi connectivity index (χ3n) is 3.23. The normalized spacial score (nSPS) is 19.3. The molecule has 1 heterocycles. The number of carbonyl (C=O) groups is 1. The second-order valence-electron chi connectivity index (χ2n) is 4.59. The first kappa shape index (κ1) is 13.8. The maximum absolute atomic E-state index is 12.3. The summed E-state index contributed by atoms with van der Waals surface area (Å²) < 4.78 is 0.765. The predicted octanol–water partition coefficient (Wildman–Crippen LogP) is 2.78. The first-order chi connectivity index (χ1) is 8.61. The Morgan fingerprint density at radius 1 is 1.61 bits per heavy atom. The van der Waals surface area contributed by atoms with E-state index in [0.29, 0.717) is 16.5 Å². The highest BCUT2D eigenvalue weighted by Crippen LogP contribution is 2.25. The van der Waals surface area contributed by atoms with Crippen LogP contribution in [0.25, 0.3) is 0 Å². The minimum atomic E-state index is 0.0889. The highest BCUT2D eigenvalue weighted by atomic mass is 79.9. The molecule has 18 heavy (non-hydrogen) atoms. The van der Waals surface area contributed by atoms with Crippen molar-refractivity contribution in [2.75, 3.05) is 26.7 Å². The Kier molecular flexibility index (Phi) is 4.65. The SMILES string of the molecule is CNCC1CCN(C(=O)c2ccc(Cl)c(Br)c2)C1. The zero-order valence-corrected chi connectivity index (χ0v) is 12.6. The van der Waals surface area contributed by atoms with E-state index in [2.05, 4.69) is 21.2 Å². The standard InChI is InChI=1S/C13H16BrClN2O/c1-16-7-9-4-5-17(8-9)13(18)10-2-3-12(15)11(14)6-10/h2-3,6,9,16H,4-5,7-8H2,1H3. The fourth-order valence-electron chi connectivity index (χ4n) is 2.28. The van der Waals surface area contributed by atoms with Crippen molar-refractivity contribution in [2.24, 2.45) is 5.92 Å². The summed E-state index contributed by atoms with van der Waals surface area (Å²) in [6.07, 6.45) is 1.07. The predicted molar refractivity (Wildman–Crippen MR) is 77.1 cm³/mol. The number of nitrogens with one attached hydrogen (secondary N) is 1. The number of rotatable bonds is 3. The molecule has 0 bridgehead atoms. The molecule has 1 amide bonds. The van der Waals surface area contributed by atoms with Crippen LogP contribution in [0.3, 0.4) is 0 Å². The van der Waals surface area contributed by atoms with Crippen molar-refractivity contribution in [1.82, 2.24) is 10.2 Å². The lowest BCUT2D eigenvalue weighted by Gasteiger charge is -2.17. The maximum atomic E-state index is 12.3. The number of hydrogen-bond donors (Lipinski definition) is 1. The molecule has 1 atom stereocenters. The Hall–Kier alpha value is -0.580. The minimum absolute atomic E-state index is 0.0889. The number of amides is 1. The van der Waals surface area contributed by atoms with Crippen LogP contribution in [-0.4, -0.2) is 37.5 Å². The van der Waals surface area contributed by atoms with Gasteiger partial charge in [0.1, 0.15) is 0 Å². The van der Waals surface area contributed by atoms with Crippen LogP contribution < -0.4 is 5.32 Å². The molecule has 0 radical (unpaired) electrons. The average molecular weight is 332 g/mol. The Morgan fingerprint density at radius 3 is 3.06 bits per heavy atom. The molecule has 1 fully saturated rings. The molecule has 98 valence electrons. The smallest absolute Gasteiger partial charge is 0.253 e. The summed E-state index contributed by atoms with van der Waals surface area (Å²) in [7, 11) is 1.95. The lowest BCUT2D eigenvalue weighted by Crippen LogP contribution is -2.30. The number of nitrogens with zero attached hydrogens (tertiary/aromatic N) is 1. The Labute approximate surface area is 121 Å². The van der Waals surface area contributed by atoms with Gasteiger partial charge in [-0.3, -0.25) is 4.79 Å². The molecule has 1 N–H and O–H groups in total. The van der Waals surface area contributed by atoms with Gasteiger partial charge in [-0.2, -0.15) is 0 Å². The Balaban J connectivity index is 2.05. The van der Waals surface area contributed by atoms with Crippen molar-refractivity contribution in [2.45, 2.75) is 6.42 Å². The molecule has 3 nitrogen and oxygen atoms in total. The van der Waals surface area contributed by atoms with Crippen LogP contribution in [0.4, 0.5) is 0 Å². The molecule has 0 spiro atoms. The number of carbonyl (C=O) groups excluding carboxylic acids is 1. The highest BCUT2D eigenvalue weighted by molar-refractivity contribution is 9.10. The molecular weight excluding hydrogens is 316 g/mol. The van der Waals surface area contributed by atoms with Crippen LogP contribution in [0.15, 0.2) is 22.7 Å². The second-order valence-corrected chi connectivity index (χ2v) is 5.85. The van der Waals surface area contributed by atoms with Crippen LogP contribution in [0.2, 0.25) is 5.02 Å². The van der Waals surface area contributed by atoms with Gasteiger partial charge in [-0.25, -0.2) is 0 Å². The van der Waals surface area contributed by atoms with Crippen molar-refractivity contribution in [1.29, 1.82) is 0 Å². The zero-order valence-electron chi connectivity index (χ0n) is 10.2. The minimum Gasteiger partial charge on any atom is -0.338 e. The number of halogens is 2. The molecular formula is C13H16BrClN2O. The van der Waals surface area contributed by atoms with Gasteiger partial charge in [0, 0.05) is 23.1 Å². The molecule has 0 aromatic heterocycles. The van der Waals surface area contributed by atoms with E-state index >= 15 is 0 Å². The van der Waals surface area contributed by atoms with Crippen LogP contribution >= 0.6 is 27.5 Å². The first-order valence-electron chi connectivity index (χ1n) is 6.00. The van der Waals surface area contributed by atoms with Crippen molar-refractivity contribution >= 4 is 33.4 Å². The fourth-order valence-corrected chi connectivity index (χ4v) is 2.78. The van der Waals surface area contributed by atoms with Crippen LogP contribution in [0.1, 0.15) is 16.8 Å². The summed E-state index contributed by atoms with van der Waals surface area (Å²) in [6, 6.07) is 5.32. The lowest BCUT2D eigenvalue weighted by molar-refractivity contribution is 0.0787. The third kappa shape index (κ3) is 3.05. The van der Waals surface area contributed by atoms with E-state index in [-0.39, 0.29) is 5.91 Å². The van der Waals surface area contributed by atoms with Gasteiger partial charge in [0.25, 0.3) is 5.91 Å². The van der Waals surface area contributed by atoms with Crippen molar-refractivity contribution < 1.29 is 4.79 Å². The van der Waals surface area contributed by atoms with E-state index in [9.17, 15) is 4.79 Å². The molecule has 1 aliphatic rings. The maximum Gasteiger partial charge on any atom is 0.253 e. The van der Waals surface area contributed by atoms with Gasteiger partial charge in [0.05, 0.1) is 5.02 Å². The quantitative estimate of drug-likeness (QED) is 0.924. The zero-order chi connectivity index (χ0) is 13.1. The van der Waals surface area contributed by atoms with Gasteiger partial charge in [0.15, 0.2) is 0 Å². The van der Waals surface area contributed by atoms with Crippen LogP contribution in [0.5, 0.6) is 0 Å². The van der Waals surface area contributed by atoms with Gasteiger partial charge in [-0.1, -0.05) is 11.6 Å². The van der Waals surface area contributed by atoms with Gasteiger partial charge in [0.2, 0.25) is 0 Å². The third-order valence-corrected chi connectivity index (χ3v) is 4.45. The molecule has 0 saturated carbocycles. The van der Waals surface area contributed by atoms with E-state index in [1.165, 1.54) is 0 Å². The monoisotopic (exact) mass is 330 g/mol. The van der Waals surface area contributed by atoms with Crippen LogP contribution in [-0.2, 0) is 0 Å². The van der Waals surface area contributed by atoms with E-state index in [1.54, 1.807) is 18.2 Å². The second kappa shape index (κ2) is 6.04. The summed E-state index contributed by atoms with van der Waals surface area (Å²) in [4.78, 5) is 14.2. The van der Waals surface area contributed by atoms with Crippen molar-refractivity contribution in [3.63, 3.8) is 0 Å². The van der Waals surface area contributed by atoms with E-state index < -0.39 is 0 Å². The van der Waals surface area contributed by atoms with Gasteiger partial charge < -0.3 is 10.2 Å². The van der Waals surface area contributed by atoms with E-state index in [1.807, 2.05) is 11.9 Å². The van der Waals surface area contributed by atoms with E-state index in [0.717, 1.165) is 30.5 Å². The van der Waals surface area contributed by atoms with E-state index in [4.69, 9.17) is 11.6 Å². The summed E-state index contributed by atoms with van der Waals surface area (Å²) in [5.41, 5.74) is 0.691. The van der Waals surface area contributed by atoms with Crippen LogP contribution in [0, 0.1) is 5.92 Å². The molecule has 1 aliphatic heterocycles. The average Bonchev–Trinajstić information content (AvgIpc) is 2.81. The van der Waals surface area contributed by atoms with Gasteiger partial charge in [-0.05, 0) is 60.1 Å². The molecule has 2 rings (SSSR count). The highest BCUT2D eigenvalue weighted by Gasteiger charge is 2.26. The number of likely N-dealkylation sites (tertiary alicyclic amines) is 1. The molecule has 1 unspecified atom stereocenters. The molecule has 5 heteroatoms. The largest absolute Gasteiger partial charge is 0.338 e. The fraction of sp³-hybridized carbons (Fsp3) is 0.462. The van der Waals surface area contributed by atoms with Gasteiger partial charge in [-0.15, -0.1) is 0 Å². The molecule has 1 aromatic carbocycles. The number of hydrogen-bond acceptors (Lipinski definition) is 2. The van der Waals surface area contributed by atoms with Gasteiger partial charge >= 0.3 is 0 Å². The topological polar surface area (TPSA) is 32.3 Å². The summed E-state index contributed by atoms with van der Waals surface area (Å²) in [5, 5.41) is 3.79. The summed E-state index contributed by atoms with van der Waals surface area (Å²) in [6.45, 7) is 2.64. The summed E-state index contributed by atoms with van der Waals surface area (Å²) >= 11 is 9.28. The first-order valence-corrected chi connectivity index (χ1v) is 7.18. The lowest BCUT2D eigenvalue weighted by atomic mass is 10.1. The van der Waals surface area contributed by atoms with Crippen molar-refractivity contribution in [3.8, 4) is 0 Å². The summed E-state index contributed by atoms with van der Waals surface area (Å²) in [5.74, 6) is 0.653. The van der Waals surface area contributed by atoms with Crippen molar-refractivity contribution in [3.05, 3.63) is 33.3 Å². The Morgan fingerprint density at radius 2 is 2.39 bits per heavy atom. The number of benzene rings is 1. The molecule has 0 aliphatic carbocycles. The Bertz CT molecular complexity index is 453. The molecule has 1 saturated heterocycles. The molecule has 1 aromatic rings.